The Bertz CT molecular complexity index is 633. The number of hydrogen-bond donors (Lipinski definition) is 0. The average Bonchev–Trinajstić information content (AvgIpc) is 2.72. The summed E-state index contributed by atoms with van der Waals surface area (Å²) in [6.07, 6.45) is 6.72. The molecule has 124 valence electrons. The van der Waals surface area contributed by atoms with Gasteiger partial charge in [0.05, 0.1) is 12.4 Å². The lowest BCUT2D eigenvalue weighted by Gasteiger charge is -1.89. The number of rotatable bonds is 0. The van der Waals surface area contributed by atoms with Gasteiger partial charge >= 0.3 is 0 Å². The van der Waals surface area contributed by atoms with Gasteiger partial charge in [0.15, 0.2) is 11.3 Å². The van der Waals surface area contributed by atoms with Gasteiger partial charge in [-0.05, 0) is 36.4 Å². The first kappa shape index (κ1) is 19.0. The van der Waals surface area contributed by atoms with Gasteiger partial charge in [0, 0.05) is 23.2 Å². The second kappa shape index (κ2) is 11.5. The van der Waals surface area contributed by atoms with E-state index in [2.05, 4.69) is 30.4 Å². The summed E-state index contributed by atoms with van der Waals surface area (Å²) >= 11 is 0. The van der Waals surface area contributed by atoms with E-state index in [9.17, 15) is 0 Å². The Morgan fingerprint density at radius 3 is 1.33 bits per heavy atom. The van der Waals surface area contributed by atoms with E-state index in [0.29, 0.717) is 11.3 Å². The summed E-state index contributed by atoms with van der Waals surface area (Å²) in [6.45, 7) is 8.00. The highest BCUT2D eigenvalue weighted by molar-refractivity contribution is 5.73. The van der Waals surface area contributed by atoms with E-state index in [1.165, 1.54) is 0 Å². The second-order valence-electron chi connectivity index (χ2n) is 3.89. The molecule has 6 nitrogen and oxygen atoms in total. The maximum atomic E-state index is 4.01. The zero-order valence-electron chi connectivity index (χ0n) is 14.5. The Morgan fingerprint density at radius 1 is 0.542 bits per heavy atom. The summed E-state index contributed by atoms with van der Waals surface area (Å²) in [5.74, 6) is 0. The smallest absolute Gasteiger partial charge is 0.181 e. The Morgan fingerprint density at radius 2 is 0.958 bits per heavy atom. The van der Waals surface area contributed by atoms with Crippen LogP contribution >= 0.6 is 0 Å². The number of nitrogens with zero attached hydrogens (tertiary/aromatic N) is 6. The van der Waals surface area contributed by atoms with E-state index in [1.54, 1.807) is 24.8 Å². The molecule has 0 amide bonds. The van der Waals surface area contributed by atoms with Crippen LogP contribution in [-0.4, -0.2) is 30.4 Å². The van der Waals surface area contributed by atoms with Crippen molar-refractivity contribution in [2.45, 2.75) is 27.7 Å². The molecule has 4 aromatic heterocycles. The minimum absolute atomic E-state index is 0.699. The third-order valence-corrected chi connectivity index (χ3v) is 2.58. The van der Waals surface area contributed by atoms with E-state index in [4.69, 9.17) is 0 Å². The number of pyridine rings is 2. The van der Waals surface area contributed by atoms with Crippen LogP contribution in [0.5, 0.6) is 0 Å². The molecular weight excluding hydrogens is 300 g/mol. The van der Waals surface area contributed by atoms with Crippen molar-refractivity contribution in [3.63, 3.8) is 0 Å². The van der Waals surface area contributed by atoms with Gasteiger partial charge in [-0.3, -0.25) is 0 Å². The summed E-state index contributed by atoms with van der Waals surface area (Å²) in [6, 6.07) is 11.4. The van der Waals surface area contributed by atoms with Crippen molar-refractivity contribution < 1.29 is 0 Å². The fourth-order valence-corrected chi connectivity index (χ4v) is 1.65. The quantitative estimate of drug-likeness (QED) is 0.485. The molecule has 0 bridgehead atoms. The fraction of sp³-hybridized carbons (Fsp3) is 0.222. The van der Waals surface area contributed by atoms with Crippen molar-refractivity contribution in [2.24, 2.45) is 0 Å². The van der Waals surface area contributed by atoms with Gasteiger partial charge in [-0.15, -0.1) is 10.2 Å². The maximum Gasteiger partial charge on any atom is 0.181 e. The zero-order chi connectivity index (χ0) is 17.6. The first-order chi connectivity index (χ1) is 11.9. The van der Waals surface area contributed by atoms with Crippen LogP contribution in [0.3, 0.4) is 0 Å². The SMILES string of the molecule is CC.CC.c1cnc2nnccc2c1.c1cnc2nnccc2c1. The molecule has 0 saturated carbocycles. The van der Waals surface area contributed by atoms with Crippen molar-refractivity contribution in [1.82, 2.24) is 30.4 Å². The van der Waals surface area contributed by atoms with E-state index in [1.807, 2.05) is 64.1 Å². The van der Waals surface area contributed by atoms with Crippen LogP contribution in [0.25, 0.3) is 22.1 Å². The van der Waals surface area contributed by atoms with Crippen LogP contribution in [0.1, 0.15) is 27.7 Å². The third-order valence-electron chi connectivity index (χ3n) is 2.58. The molecule has 0 aliphatic rings. The molecule has 24 heavy (non-hydrogen) atoms. The molecule has 4 heterocycles. The van der Waals surface area contributed by atoms with Crippen LogP contribution in [0.4, 0.5) is 0 Å². The normalized spacial score (nSPS) is 8.83. The van der Waals surface area contributed by atoms with Crippen LogP contribution in [0.15, 0.2) is 61.2 Å². The lowest BCUT2D eigenvalue weighted by Crippen LogP contribution is -1.83. The number of aromatic nitrogens is 6. The fourth-order valence-electron chi connectivity index (χ4n) is 1.65. The molecule has 0 atom stereocenters. The highest BCUT2D eigenvalue weighted by Gasteiger charge is 1.90. The molecule has 0 radical (unpaired) electrons. The molecule has 0 aliphatic heterocycles. The van der Waals surface area contributed by atoms with Gasteiger partial charge in [0.1, 0.15) is 0 Å². The van der Waals surface area contributed by atoms with Crippen molar-refractivity contribution >= 4 is 22.1 Å². The summed E-state index contributed by atoms with van der Waals surface area (Å²) in [5, 5.41) is 17.1. The lowest BCUT2D eigenvalue weighted by atomic mass is 10.3. The Hall–Kier alpha value is -3.02. The average molecular weight is 322 g/mol. The Labute approximate surface area is 142 Å². The van der Waals surface area contributed by atoms with Gasteiger partial charge in [0.2, 0.25) is 0 Å². The third kappa shape index (κ3) is 5.64. The molecule has 0 N–H and O–H groups in total. The second-order valence-corrected chi connectivity index (χ2v) is 3.89. The minimum Gasteiger partial charge on any atom is -0.235 e. The van der Waals surface area contributed by atoms with Gasteiger partial charge in [0.25, 0.3) is 0 Å². The van der Waals surface area contributed by atoms with Crippen LogP contribution in [0.2, 0.25) is 0 Å². The van der Waals surface area contributed by atoms with E-state index < -0.39 is 0 Å². The van der Waals surface area contributed by atoms with Gasteiger partial charge in [-0.2, -0.15) is 10.2 Å². The molecular formula is C18H22N6. The Kier molecular flexibility index (Phi) is 9.14. The van der Waals surface area contributed by atoms with Gasteiger partial charge in [-0.1, -0.05) is 27.7 Å². The predicted octanol–water partition coefficient (Wildman–Crippen LogP) is 4.10. The summed E-state index contributed by atoms with van der Waals surface area (Å²) in [7, 11) is 0. The Balaban J connectivity index is 0.000000199. The number of hydrogen-bond acceptors (Lipinski definition) is 6. The standard InChI is InChI=1S/2C7H5N3.2C2H6/c2*1-2-6-3-5-9-10-7(6)8-4-1;2*1-2/h2*1-5H;2*1-2H3. The van der Waals surface area contributed by atoms with Crippen molar-refractivity contribution in [3.8, 4) is 0 Å². The minimum atomic E-state index is 0.699. The van der Waals surface area contributed by atoms with E-state index in [-0.39, 0.29) is 0 Å². The first-order valence-corrected chi connectivity index (χ1v) is 7.98. The largest absolute Gasteiger partial charge is 0.235 e. The molecule has 6 heteroatoms. The van der Waals surface area contributed by atoms with Crippen LogP contribution < -0.4 is 0 Å². The molecule has 0 unspecified atom stereocenters. The van der Waals surface area contributed by atoms with Crippen LogP contribution in [0, 0.1) is 0 Å². The van der Waals surface area contributed by atoms with Gasteiger partial charge in [-0.25, -0.2) is 9.97 Å². The summed E-state index contributed by atoms with van der Waals surface area (Å²) < 4.78 is 0. The lowest BCUT2D eigenvalue weighted by molar-refractivity contribution is 1.05. The van der Waals surface area contributed by atoms with Gasteiger partial charge < -0.3 is 0 Å². The van der Waals surface area contributed by atoms with E-state index >= 15 is 0 Å². The molecule has 0 aliphatic carbocycles. The zero-order valence-corrected chi connectivity index (χ0v) is 14.5. The van der Waals surface area contributed by atoms with Crippen molar-refractivity contribution in [2.75, 3.05) is 0 Å². The monoisotopic (exact) mass is 322 g/mol. The van der Waals surface area contributed by atoms with E-state index in [0.717, 1.165) is 10.8 Å². The number of fused-ring (bicyclic) bond motifs is 2. The topological polar surface area (TPSA) is 77.3 Å². The molecule has 4 aromatic rings. The summed E-state index contributed by atoms with van der Waals surface area (Å²) in [4.78, 5) is 8.02. The maximum absolute atomic E-state index is 4.01. The highest BCUT2D eigenvalue weighted by Crippen LogP contribution is 2.03. The molecule has 4 rings (SSSR count). The molecule has 0 aromatic carbocycles. The van der Waals surface area contributed by atoms with Crippen molar-refractivity contribution in [1.29, 1.82) is 0 Å². The predicted molar refractivity (Wildman–Crippen MR) is 97.4 cm³/mol. The molecule has 0 spiro atoms. The first-order valence-electron chi connectivity index (χ1n) is 7.98. The van der Waals surface area contributed by atoms with Crippen molar-refractivity contribution in [3.05, 3.63) is 61.2 Å². The summed E-state index contributed by atoms with van der Waals surface area (Å²) in [5.41, 5.74) is 1.40. The van der Waals surface area contributed by atoms with Crippen LogP contribution in [-0.2, 0) is 0 Å². The molecule has 0 saturated heterocycles. The molecule has 0 fully saturated rings. The highest BCUT2D eigenvalue weighted by atomic mass is 15.1.